The lowest BCUT2D eigenvalue weighted by atomic mass is 9.90. The van der Waals surface area contributed by atoms with E-state index >= 15 is 0 Å². The number of thiazole rings is 1. The summed E-state index contributed by atoms with van der Waals surface area (Å²) in [5, 5.41) is 12.6. The van der Waals surface area contributed by atoms with Gasteiger partial charge in [0.1, 0.15) is 9.88 Å². The van der Waals surface area contributed by atoms with Crippen molar-refractivity contribution in [2.75, 3.05) is 0 Å². The number of nitrogens with one attached hydrogen (secondary N) is 1. The molecule has 0 saturated heterocycles. The van der Waals surface area contributed by atoms with E-state index in [0.29, 0.717) is 16.3 Å². The van der Waals surface area contributed by atoms with Crippen molar-refractivity contribution in [2.45, 2.75) is 45.6 Å². The van der Waals surface area contributed by atoms with E-state index in [0.717, 1.165) is 24.2 Å². The number of benzene rings is 1. The molecule has 1 amide bonds. The third-order valence-electron chi connectivity index (χ3n) is 4.34. The van der Waals surface area contributed by atoms with E-state index in [2.05, 4.69) is 10.3 Å². The monoisotopic (exact) mass is 344 g/mol. The van der Waals surface area contributed by atoms with Crippen molar-refractivity contribution >= 4 is 23.2 Å². The zero-order valence-electron chi connectivity index (χ0n) is 13.8. The van der Waals surface area contributed by atoms with Gasteiger partial charge >= 0.3 is 5.97 Å². The second-order valence-electron chi connectivity index (χ2n) is 6.16. The summed E-state index contributed by atoms with van der Waals surface area (Å²) >= 11 is 1.11. The summed E-state index contributed by atoms with van der Waals surface area (Å²) < 4.78 is 0. The number of rotatable bonds is 4. The Bertz CT molecular complexity index is 798. The Morgan fingerprint density at radius 2 is 1.96 bits per heavy atom. The van der Waals surface area contributed by atoms with Crippen molar-refractivity contribution in [3.63, 3.8) is 0 Å². The molecular weight excluding hydrogens is 324 g/mol. The molecule has 0 spiro atoms. The number of carbonyl (C=O) groups is 2. The number of aromatic nitrogens is 1. The number of amides is 1. The Morgan fingerprint density at radius 3 is 2.62 bits per heavy atom. The molecule has 126 valence electrons. The number of carboxylic acid groups (broad SMARTS) is 1. The number of carbonyl (C=O) groups excluding carboxylic acids is 1. The molecule has 0 fully saturated rings. The summed E-state index contributed by atoms with van der Waals surface area (Å²) in [5.74, 6) is -1.13. The zero-order valence-corrected chi connectivity index (χ0v) is 14.6. The molecule has 1 atom stereocenters. The van der Waals surface area contributed by atoms with Crippen LogP contribution in [0.3, 0.4) is 0 Å². The first-order chi connectivity index (χ1) is 11.5. The first-order valence-corrected chi connectivity index (χ1v) is 8.90. The minimum Gasteiger partial charge on any atom is -0.477 e. The Morgan fingerprint density at radius 1 is 1.25 bits per heavy atom. The van der Waals surface area contributed by atoms with Gasteiger partial charge in [-0.25, -0.2) is 9.78 Å². The van der Waals surface area contributed by atoms with Crippen LogP contribution in [0.5, 0.6) is 0 Å². The number of aryl methyl sites for hydroxylation is 3. The van der Waals surface area contributed by atoms with Gasteiger partial charge < -0.3 is 10.4 Å². The maximum absolute atomic E-state index is 12.5. The van der Waals surface area contributed by atoms with Crippen LogP contribution < -0.4 is 5.32 Å². The van der Waals surface area contributed by atoms with Crippen LogP contribution in [0.4, 0.5) is 0 Å². The smallest absolute Gasteiger partial charge is 0.347 e. The molecule has 0 saturated carbocycles. The van der Waals surface area contributed by atoms with E-state index < -0.39 is 5.97 Å². The average Bonchev–Trinajstić information content (AvgIpc) is 2.96. The highest BCUT2D eigenvalue weighted by atomic mass is 32.1. The molecule has 3 rings (SSSR count). The fourth-order valence-electron chi connectivity index (χ4n) is 3.02. The van der Waals surface area contributed by atoms with Gasteiger partial charge in [0.2, 0.25) is 0 Å². The minimum atomic E-state index is -0.982. The molecule has 1 aliphatic rings. The van der Waals surface area contributed by atoms with Gasteiger partial charge in [0.25, 0.3) is 5.91 Å². The molecule has 5 nitrogen and oxygen atoms in total. The molecule has 6 heteroatoms. The lowest BCUT2D eigenvalue weighted by Gasteiger charge is -2.17. The number of fused-ring (bicyclic) bond motifs is 1. The Kier molecular flexibility index (Phi) is 4.66. The highest BCUT2D eigenvalue weighted by Gasteiger charge is 2.20. The summed E-state index contributed by atoms with van der Waals surface area (Å²) in [7, 11) is 0. The van der Waals surface area contributed by atoms with E-state index in [9.17, 15) is 9.59 Å². The first-order valence-electron chi connectivity index (χ1n) is 8.09. The fraction of sp³-hybridized carbons (Fsp3) is 0.389. The minimum absolute atomic E-state index is 0.152. The van der Waals surface area contributed by atoms with E-state index in [1.54, 1.807) is 6.92 Å². The topological polar surface area (TPSA) is 79.3 Å². The van der Waals surface area contributed by atoms with Crippen LogP contribution in [0, 0.1) is 6.92 Å². The van der Waals surface area contributed by atoms with Gasteiger partial charge in [0.15, 0.2) is 0 Å². The largest absolute Gasteiger partial charge is 0.477 e. The van der Waals surface area contributed by atoms with E-state index in [1.165, 1.54) is 24.0 Å². The summed E-state index contributed by atoms with van der Waals surface area (Å²) in [6.07, 6.45) is 4.50. The summed E-state index contributed by atoms with van der Waals surface area (Å²) in [6, 6.07) is 5.56. The molecule has 0 radical (unpaired) electrons. The molecule has 2 aromatic rings. The molecule has 24 heavy (non-hydrogen) atoms. The highest BCUT2D eigenvalue weighted by Crippen LogP contribution is 2.25. The van der Waals surface area contributed by atoms with Crippen molar-refractivity contribution in [3.05, 3.63) is 50.5 Å². The summed E-state index contributed by atoms with van der Waals surface area (Å²) in [6.45, 7) is 3.49. The maximum Gasteiger partial charge on any atom is 0.347 e. The van der Waals surface area contributed by atoms with Crippen molar-refractivity contribution in [2.24, 2.45) is 0 Å². The second kappa shape index (κ2) is 6.73. The van der Waals surface area contributed by atoms with Crippen LogP contribution in [-0.4, -0.2) is 22.0 Å². The zero-order chi connectivity index (χ0) is 17.3. The average molecular weight is 344 g/mol. The predicted molar refractivity (Wildman–Crippen MR) is 92.8 cm³/mol. The van der Waals surface area contributed by atoms with Crippen molar-refractivity contribution in [3.8, 4) is 0 Å². The fourth-order valence-corrected chi connectivity index (χ4v) is 3.93. The number of carboxylic acids is 1. The SMILES string of the molecule is Cc1nc(C(C)NC(=O)c2ccc3c(c2)CCCC3)sc1C(=O)O. The van der Waals surface area contributed by atoms with Crippen LogP contribution >= 0.6 is 11.3 Å². The summed E-state index contributed by atoms with van der Waals surface area (Å²) in [5.41, 5.74) is 3.74. The van der Waals surface area contributed by atoms with Gasteiger partial charge in [-0.05, 0) is 62.8 Å². The second-order valence-corrected chi connectivity index (χ2v) is 7.19. The van der Waals surface area contributed by atoms with Crippen LogP contribution in [0.25, 0.3) is 0 Å². The molecule has 2 N–H and O–H groups in total. The molecule has 1 aromatic carbocycles. The van der Waals surface area contributed by atoms with Crippen LogP contribution in [0.15, 0.2) is 18.2 Å². The first kappa shape index (κ1) is 16.6. The maximum atomic E-state index is 12.5. The van der Waals surface area contributed by atoms with Gasteiger partial charge in [-0.2, -0.15) is 0 Å². The lowest BCUT2D eigenvalue weighted by Crippen LogP contribution is -2.26. The molecule has 0 aliphatic heterocycles. The van der Waals surface area contributed by atoms with E-state index in [-0.39, 0.29) is 16.8 Å². The quantitative estimate of drug-likeness (QED) is 0.889. The lowest BCUT2D eigenvalue weighted by molar-refractivity contribution is 0.0701. The molecule has 1 aliphatic carbocycles. The number of aromatic carboxylic acids is 1. The normalized spacial score (nSPS) is 14.8. The van der Waals surface area contributed by atoms with Gasteiger partial charge in [-0.15, -0.1) is 11.3 Å². The number of hydrogen-bond acceptors (Lipinski definition) is 4. The van der Waals surface area contributed by atoms with E-state index in [1.807, 2.05) is 25.1 Å². The van der Waals surface area contributed by atoms with Crippen molar-refractivity contribution in [1.82, 2.24) is 10.3 Å². The standard InChI is InChI=1S/C18H20N2O3S/c1-10-15(18(22)23)24-17(20-10)11(2)19-16(21)14-8-7-12-5-3-4-6-13(12)9-14/h7-9,11H,3-6H2,1-2H3,(H,19,21)(H,22,23). The molecule has 0 bridgehead atoms. The third kappa shape index (κ3) is 3.33. The van der Waals surface area contributed by atoms with Crippen molar-refractivity contribution in [1.29, 1.82) is 0 Å². The number of nitrogens with zero attached hydrogens (tertiary/aromatic N) is 1. The van der Waals surface area contributed by atoms with Crippen LogP contribution in [0.2, 0.25) is 0 Å². The Labute approximate surface area is 144 Å². The predicted octanol–water partition coefficient (Wildman–Crippen LogP) is 3.52. The highest BCUT2D eigenvalue weighted by molar-refractivity contribution is 7.13. The van der Waals surface area contributed by atoms with Crippen LogP contribution in [-0.2, 0) is 12.8 Å². The van der Waals surface area contributed by atoms with E-state index in [4.69, 9.17) is 5.11 Å². The van der Waals surface area contributed by atoms with Gasteiger partial charge in [0.05, 0.1) is 11.7 Å². The van der Waals surface area contributed by atoms with Gasteiger partial charge in [-0.1, -0.05) is 6.07 Å². The molecule has 1 heterocycles. The van der Waals surface area contributed by atoms with Crippen LogP contribution in [0.1, 0.15) is 67.7 Å². The Balaban J connectivity index is 1.74. The molecule has 1 unspecified atom stereocenters. The molecular formula is C18H20N2O3S. The summed E-state index contributed by atoms with van der Waals surface area (Å²) in [4.78, 5) is 28.1. The van der Waals surface area contributed by atoms with Crippen molar-refractivity contribution < 1.29 is 14.7 Å². The van der Waals surface area contributed by atoms with Gasteiger partial charge in [-0.3, -0.25) is 4.79 Å². The molecule has 1 aromatic heterocycles. The third-order valence-corrected chi connectivity index (χ3v) is 5.66. The van der Waals surface area contributed by atoms with Gasteiger partial charge in [0, 0.05) is 5.56 Å². The number of hydrogen-bond donors (Lipinski definition) is 2. The Hall–Kier alpha value is -2.21.